The zero-order chi connectivity index (χ0) is 18.8. The van der Waals surface area contributed by atoms with Gasteiger partial charge in [0.1, 0.15) is 0 Å². The van der Waals surface area contributed by atoms with Crippen molar-refractivity contribution in [1.29, 1.82) is 0 Å². The van der Waals surface area contributed by atoms with Crippen molar-refractivity contribution in [2.45, 2.75) is 18.7 Å². The van der Waals surface area contributed by atoms with E-state index in [1.165, 1.54) is 0 Å². The molecule has 27 heavy (non-hydrogen) atoms. The number of carbonyl (C=O) groups excluding carboxylic acids is 1. The SMILES string of the molecule is CC(=O)N1CCSC1Cc1cnn(-c2ccccc2)c1-c1ccc(Cl)cc1. The van der Waals surface area contributed by atoms with E-state index in [2.05, 4.69) is 5.10 Å². The van der Waals surface area contributed by atoms with Crippen LogP contribution in [0.3, 0.4) is 0 Å². The fourth-order valence-corrected chi connectivity index (χ4v) is 4.88. The van der Waals surface area contributed by atoms with Crippen molar-refractivity contribution in [1.82, 2.24) is 14.7 Å². The number of carbonyl (C=O) groups is 1. The molecule has 1 aromatic heterocycles. The summed E-state index contributed by atoms with van der Waals surface area (Å²) in [5, 5.41) is 5.53. The fourth-order valence-electron chi connectivity index (χ4n) is 3.45. The average molecular weight is 398 g/mol. The Morgan fingerprint density at radius 2 is 1.93 bits per heavy atom. The van der Waals surface area contributed by atoms with Gasteiger partial charge in [0.05, 0.1) is 23.0 Å². The summed E-state index contributed by atoms with van der Waals surface area (Å²) in [6.07, 6.45) is 2.70. The predicted molar refractivity (Wildman–Crippen MR) is 111 cm³/mol. The predicted octanol–water partition coefficient (Wildman–Crippen LogP) is 4.66. The molecule has 138 valence electrons. The zero-order valence-corrected chi connectivity index (χ0v) is 16.6. The third-order valence-corrected chi connectivity index (χ3v) is 6.23. The summed E-state index contributed by atoms with van der Waals surface area (Å²) in [6, 6.07) is 17.9. The van der Waals surface area contributed by atoms with E-state index in [9.17, 15) is 4.79 Å². The Morgan fingerprint density at radius 3 is 2.63 bits per heavy atom. The molecule has 0 aliphatic carbocycles. The van der Waals surface area contributed by atoms with E-state index < -0.39 is 0 Å². The standard InChI is InChI=1S/C21H20ClN3OS/c1-15(26)24-11-12-27-20(24)13-17-14-23-25(19-5-3-2-4-6-19)21(17)16-7-9-18(22)10-8-16/h2-10,14,20H,11-13H2,1H3. The van der Waals surface area contributed by atoms with Crippen molar-refractivity contribution in [3.63, 3.8) is 0 Å². The van der Waals surface area contributed by atoms with Gasteiger partial charge in [-0.1, -0.05) is 41.9 Å². The summed E-state index contributed by atoms with van der Waals surface area (Å²) in [6.45, 7) is 2.46. The maximum Gasteiger partial charge on any atom is 0.220 e. The molecule has 0 spiro atoms. The lowest BCUT2D eigenvalue weighted by Crippen LogP contribution is -2.34. The highest BCUT2D eigenvalue weighted by molar-refractivity contribution is 8.00. The first-order chi connectivity index (χ1) is 13.1. The Bertz CT molecular complexity index is 940. The van der Waals surface area contributed by atoms with Gasteiger partial charge < -0.3 is 4.90 Å². The van der Waals surface area contributed by atoms with Crippen LogP contribution in [-0.4, -0.2) is 38.3 Å². The summed E-state index contributed by atoms with van der Waals surface area (Å²) >= 11 is 7.92. The molecule has 0 bridgehead atoms. The molecule has 6 heteroatoms. The smallest absolute Gasteiger partial charge is 0.220 e. The highest BCUT2D eigenvalue weighted by Crippen LogP contribution is 2.33. The molecule has 4 rings (SSSR count). The average Bonchev–Trinajstić information content (AvgIpc) is 3.31. The van der Waals surface area contributed by atoms with Crippen LogP contribution in [0.5, 0.6) is 0 Å². The number of halogens is 1. The zero-order valence-electron chi connectivity index (χ0n) is 15.0. The number of hydrogen-bond donors (Lipinski definition) is 0. The number of nitrogens with zero attached hydrogens (tertiary/aromatic N) is 3. The fraction of sp³-hybridized carbons (Fsp3) is 0.238. The van der Waals surface area contributed by atoms with Gasteiger partial charge in [-0.05, 0) is 24.3 Å². The van der Waals surface area contributed by atoms with Crippen LogP contribution in [0.25, 0.3) is 16.9 Å². The first-order valence-electron chi connectivity index (χ1n) is 8.90. The highest BCUT2D eigenvalue weighted by atomic mass is 35.5. The second kappa shape index (κ2) is 7.79. The minimum Gasteiger partial charge on any atom is -0.330 e. The first-order valence-corrected chi connectivity index (χ1v) is 10.3. The van der Waals surface area contributed by atoms with Crippen molar-refractivity contribution >= 4 is 29.3 Å². The second-order valence-electron chi connectivity index (χ2n) is 6.51. The highest BCUT2D eigenvalue weighted by Gasteiger charge is 2.29. The number of benzene rings is 2. The van der Waals surface area contributed by atoms with Gasteiger partial charge in [0.15, 0.2) is 0 Å². The normalized spacial score (nSPS) is 16.7. The molecule has 3 aromatic rings. The van der Waals surface area contributed by atoms with Crippen molar-refractivity contribution in [3.05, 3.63) is 71.4 Å². The van der Waals surface area contributed by atoms with Crippen LogP contribution in [0.1, 0.15) is 12.5 Å². The maximum atomic E-state index is 11.9. The molecule has 1 saturated heterocycles. The van der Waals surface area contributed by atoms with Gasteiger partial charge in [-0.3, -0.25) is 4.79 Å². The van der Waals surface area contributed by atoms with Crippen LogP contribution in [0.4, 0.5) is 0 Å². The molecule has 1 atom stereocenters. The number of para-hydroxylation sites is 1. The van der Waals surface area contributed by atoms with E-state index in [0.29, 0.717) is 5.02 Å². The Balaban J connectivity index is 1.76. The summed E-state index contributed by atoms with van der Waals surface area (Å²) < 4.78 is 1.97. The Kier molecular flexibility index (Phi) is 5.23. The summed E-state index contributed by atoms with van der Waals surface area (Å²) in [4.78, 5) is 13.9. The summed E-state index contributed by atoms with van der Waals surface area (Å²) in [5.74, 6) is 1.11. The van der Waals surface area contributed by atoms with Crippen LogP contribution in [0, 0.1) is 0 Å². The van der Waals surface area contributed by atoms with Gasteiger partial charge in [0.2, 0.25) is 5.91 Å². The van der Waals surface area contributed by atoms with Crippen LogP contribution in [0.2, 0.25) is 5.02 Å². The molecule has 1 fully saturated rings. The molecule has 1 amide bonds. The molecule has 0 saturated carbocycles. The molecule has 2 aromatic carbocycles. The van der Waals surface area contributed by atoms with Gasteiger partial charge in [0.25, 0.3) is 0 Å². The van der Waals surface area contributed by atoms with Crippen LogP contribution in [-0.2, 0) is 11.2 Å². The Hall–Kier alpha value is -2.24. The van der Waals surface area contributed by atoms with E-state index in [0.717, 1.165) is 41.2 Å². The first kappa shape index (κ1) is 18.1. The van der Waals surface area contributed by atoms with Gasteiger partial charge in [-0.15, -0.1) is 11.8 Å². The molecule has 0 N–H and O–H groups in total. The third kappa shape index (κ3) is 3.75. The Labute approximate surface area is 168 Å². The summed E-state index contributed by atoms with van der Waals surface area (Å²) in [7, 11) is 0. The van der Waals surface area contributed by atoms with Crippen LogP contribution < -0.4 is 0 Å². The minimum atomic E-state index is 0.133. The maximum absolute atomic E-state index is 11.9. The number of aromatic nitrogens is 2. The van der Waals surface area contributed by atoms with Gasteiger partial charge in [-0.25, -0.2) is 4.68 Å². The van der Waals surface area contributed by atoms with E-state index in [1.807, 2.05) is 82.1 Å². The minimum absolute atomic E-state index is 0.133. The number of thioether (sulfide) groups is 1. The molecule has 4 nitrogen and oxygen atoms in total. The van der Waals surface area contributed by atoms with Crippen molar-refractivity contribution < 1.29 is 4.79 Å². The number of hydrogen-bond acceptors (Lipinski definition) is 3. The van der Waals surface area contributed by atoms with Gasteiger partial charge in [0, 0.05) is 41.8 Å². The van der Waals surface area contributed by atoms with Crippen molar-refractivity contribution in [2.24, 2.45) is 0 Å². The number of amides is 1. The van der Waals surface area contributed by atoms with Crippen molar-refractivity contribution in [2.75, 3.05) is 12.3 Å². The monoisotopic (exact) mass is 397 g/mol. The summed E-state index contributed by atoms with van der Waals surface area (Å²) in [5.41, 5.74) is 4.25. The van der Waals surface area contributed by atoms with Gasteiger partial charge >= 0.3 is 0 Å². The van der Waals surface area contributed by atoms with Gasteiger partial charge in [-0.2, -0.15) is 5.10 Å². The topological polar surface area (TPSA) is 38.1 Å². The molecule has 0 radical (unpaired) electrons. The van der Waals surface area contributed by atoms with Crippen molar-refractivity contribution in [3.8, 4) is 16.9 Å². The van der Waals surface area contributed by atoms with Crippen LogP contribution >= 0.6 is 23.4 Å². The molecular formula is C21H20ClN3OS. The van der Waals surface area contributed by atoms with E-state index in [4.69, 9.17) is 11.6 Å². The number of rotatable bonds is 4. The molecule has 1 aliphatic rings. The molecule has 2 heterocycles. The molecule has 1 aliphatic heterocycles. The second-order valence-corrected chi connectivity index (χ2v) is 8.24. The quantitative estimate of drug-likeness (QED) is 0.642. The lowest BCUT2D eigenvalue weighted by Gasteiger charge is -2.22. The largest absolute Gasteiger partial charge is 0.330 e. The van der Waals surface area contributed by atoms with E-state index in [1.54, 1.807) is 6.92 Å². The van der Waals surface area contributed by atoms with E-state index >= 15 is 0 Å². The molecule has 1 unspecified atom stereocenters. The lowest BCUT2D eigenvalue weighted by molar-refractivity contribution is -0.128. The van der Waals surface area contributed by atoms with Crippen LogP contribution in [0.15, 0.2) is 60.8 Å². The lowest BCUT2D eigenvalue weighted by atomic mass is 10.0. The van der Waals surface area contributed by atoms with E-state index in [-0.39, 0.29) is 11.3 Å². The Morgan fingerprint density at radius 1 is 1.19 bits per heavy atom. The third-order valence-electron chi connectivity index (χ3n) is 4.75. The molecular weight excluding hydrogens is 378 g/mol.